The second-order valence-corrected chi connectivity index (χ2v) is 5.47. The van der Waals surface area contributed by atoms with Crippen molar-refractivity contribution in [2.75, 3.05) is 13.1 Å². The second-order valence-electron chi connectivity index (χ2n) is 5.47. The molecule has 2 atom stereocenters. The maximum Gasteiger partial charge on any atom is 0.239 e. The first-order valence-corrected chi connectivity index (χ1v) is 7.13. The Bertz CT molecular complexity index is 329. The van der Waals surface area contributed by atoms with E-state index in [4.69, 9.17) is 0 Å². The van der Waals surface area contributed by atoms with Gasteiger partial charge in [0.2, 0.25) is 11.8 Å². The van der Waals surface area contributed by atoms with Gasteiger partial charge in [0.25, 0.3) is 0 Å². The van der Waals surface area contributed by atoms with Gasteiger partial charge in [0, 0.05) is 12.6 Å². The van der Waals surface area contributed by atoms with Crippen molar-refractivity contribution >= 4 is 11.8 Å². The third-order valence-electron chi connectivity index (χ3n) is 3.82. The molecule has 2 unspecified atom stereocenters. The number of aliphatic hydroxyl groups excluding tert-OH is 1. The molecule has 1 heterocycles. The molecule has 1 aliphatic carbocycles. The summed E-state index contributed by atoms with van der Waals surface area (Å²) in [5.41, 5.74) is 0. The summed E-state index contributed by atoms with van der Waals surface area (Å²) in [6.07, 6.45) is 5.61. The molecular weight excluding hydrogens is 246 g/mol. The van der Waals surface area contributed by atoms with Gasteiger partial charge in [-0.15, -0.1) is 0 Å². The van der Waals surface area contributed by atoms with Crippen LogP contribution in [-0.2, 0) is 9.59 Å². The first-order valence-electron chi connectivity index (χ1n) is 7.13. The normalized spacial score (nSPS) is 28.1. The number of hydrogen-bond donors (Lipinski definition) is 4. The molecule has 0 aromatic carbocycles. The van der Waals surface area contributed by atoms with Gasteiger partial charge in [0.1, 0.15) is 0 Å². The van der Waals surface area contributed by atoms with E-state index in [0.29, 0.717) is 13.0 Å². The average molecular weight is 269 g/mol. The number of rotatable bonds is 4. The van der Waals surface area contributed by atoms with E-state index in [1.807, 2.05) is 0 Å². The molecule has 1 saturated heterocycles. The molecule has 0 aromatic rings. The molecule has 1 saturated carbocycles. The predicted molar refractivity (Wildman–Crippen MR) is 70.4 cm³/mol. The lowest BCUT2D eigenvalue weighted by Gasteiger charge is -2.23. The van der Waals surface area contributed by atoms with Crippen molar-refractivity contribution in [1.29, 1.82) is 0 Å². The van der Waals surface area contributed by atoms with E-state index in [1.165, 1.54) is 19.3 Å². The fraction of sp³-hybridized carbons (Fsp3) is 0.846. The summed E-state index contributed by atoms with van der Waals surface area (Å²) in [6.45, 7) is 0.454. The van der Waals surface area contributed by atoms with Crippen LogP contribution in [0.4, 0.5) is 0 Å². The van der Waals surface area contributed by atoms with Crippen LogP contribution in [0.2, 0.25) is 0 Å². The van der Waals surface area contributed by atoms with Gasteiger partial charge in [0.15, 0.2) is 0 Å². The number of β-amino-alcohol motifs (C(OH)–C–C–N with tert-alkyl or cyclic N) is 1. The zero-order valence-electron chi connectivity index (χ0n) is 11.2. The molecule has 19 heavy (non-hydrogen) atoms. The van der Waals surface area contributed by atoms with E-state index in [9.17, 15) is 14.7 Å². The Morgan fingerprint density at radius 1 is 1.21 bits per heavy atom. The highest BCUT2D eigenvalue weighted by atomic mass is 16.3. The molecule has 4 N–H and O–H groups in total. The fourth-order valence-corrected chi connectivity index (χ4v) is 2.73. The van der Waals surface area contributed by atoms with Crippen molar-refractivity contribution in [2.45, 2.75) is 56.7 Å². The average Bonchev–Trinajstić information content (AvgIpc) is 2.84. The monoisotopic (exact) mass is 269 g/mol. The van der Waals surface area contributed by atoms with Crippen LogP contribution in [0, 0.1) is 0 Å². The van der Waals surface area contributed by atoms with E-state index in [-0.39, 0.29) is 30.4 Å². The summed E-state index contributed by atoms with van der Waals surface area (Å²) < 4.78 is 0. The Morgan fingerprint density at radius 2 is 1.95 bits per heavy atom. The number of nitrogens with one attached hydrogen (secondary N) is 3. The van der Waals surface area contributed by atoms with E-state index >= 15 is 0 Å². The van der Waals surface area contributed by atoms with Gasteiger partial charge in [-0.25, -0.2) is 0 Å². The first-order chi connectivity index (χ1) is 9.15. The molecule has 0 bridgehead atoms. The third-order valence-corrected chi connectivity index (χ3v) is 3.82. The molecule has 0 radical (unpaired) electrons. The van der Waals surface area contributed by atoms with E-state index in [1.54, 1.807) is 0 Å². The van der Waals surface area contributed by atoms with Crippen molar-refractivity contribution in [3.63, 3.8) is 0 Å². The highest BCUT2D eigenvalue weighted by Gasteiger charge is 2.28. The van der Waals surface area contributed by atoms with Gasteiger partial charge in [-0.1, -0.05) is 19.3 Å². The largest absolute Gasteiger partial charge is 0.392 e. The van der Waals surface area contributed by atoms with Gasteiger partial charge in [-0.2, -0.15) is 0 Å². The number of amides is 2. The molecule has 0 spiro atoms. The van der Waals surface area contributed by atoms with Crippen LogP contribution in [-0.4, -0.2) is 48.2 Å². The fourth-order valence-electron chi connectivity index (χ4n) is 2.73. The van der Waals surface area contributed by atoms with Crippen LogP contribution in [0.1, 0.15) is 38.5 Å². The Morgan fingerprint density at radius 3 is 2.58 bits per heavy atom. The van der Waals surface area contributed by atoms with Crippen LogP contribution in [0.15, 0.2) is 0 Å². The minimum Gasteiger partial charge on any atom is -0.392 e. The summed E-state index contributed by atoms with van der Waals surface area (Å²) in [7, 11) is 0. The van der Waals surface area contributed by atoms with Gasteiger partial charge >= 0.3 is 0 Å². The molecule has 2 rings (SSSR count). The minimum atomic E-state index is -0.466. The molecule has 6 nitrogen and oxygen atoms in total. The minimum absolute atomic E-state index is 0.0175. The SMILES string of the molecule is O=C(CNC(=O)C1CC(O)CN1)NC1CCCCC1. The quantitative estimate of drug-likeness (QED) is 0.542. The van der Waals surface area contributed by atoms with Crippen molar-refractivity contribution in [1.82, 2.24) is 16.0 Å². The molecule has 2 amide bonds. The summed E-state index contributed by atoms with van der Waals surface area (Å²) in [5.74, 6) is -0.339. The maximum absolute atomic E-state index is 11.7. The van der Waals surface area contributed by atoms with Crippen LogP contribution in [0.3, 0.4) is 0 Å². The summed E-state index contributed by atoms with van der Waals surface area (Å²) >= 11 is 0. The van der Waals surface area contributed by atoms with E-state index in [0.717, 1.165) is 12.8 Å². The molecule has 6 heteroatoms. The lowest BCUT2D eigenvalue weighted by Crippen LogP contribution is -2.46. The lowest BCUT2D eigenvalue weighted by atomic mass is 9.95. The molecule has 2 aliphatic rings. The summed E-state index contributed by atoms with van der Waals surface area (Å²) in [4.78, 5) is 23.4. The number of carbonyl (C=O) groups is 2. The summed E-state index contributed by atoms with van der Waals surface area (Å²) in [6, 6.07) is -0.109. The highest BCUT2D eigenvalue weighted by molar-refractivity contribution is 5.87. The van der Waals surface area contributed by atoms with Crippen LogP contribution in [0.5, 0.6) is 0 Å². The van der Waals surface area contributed by atoms with Crippen LogP contribution in [0.25, 0.3) is 0 Å². The summed E-state index contributed by atoms with van der Waals surface area (Å²) in [5, 5.41) is 17.8. The topological polar surface area (TPSA) is 90.5 Å². The van der Waals surface area contributed by atoms with Crippen molar-refractivity contribution < 1.29 is 14.7 Å². The number of carbonyl (C=O) groups excluding carboxylic acids is 2. The Labute approximate surface area is 113 Å². The molecule has 0 aromatic heterocycles. The van der Waals surface area contributed by atoms with Crippen molar-refractivity contribution in [3.05, 3.63) is 0 Å². The van der Waals surface area contributed by atoms with Crippen molar-refractivity contribution in [2.24, 2.45) is 0 Å². The Kier molecular flexibility index (Phi) is 5.15. The zero-order chi connectivity index (χ0) is 13.7. The van der Waals surface area contributed by atoms with Crippen LogP contribution >= 0.6 is 0 Å². The van der Waals surface area contributed by atoms with Crippen molar-refractivity contribution in [3.8, 4) is 0 Å². The predicted octanol–water partition coefficient (Wildman–Crippen LogP) is -0.726. The van der Waals surface area contributed by atoms with E-state index < -0.39 is 6.10 Å². The number of aliphatic hydroxyl groups is 1. The standard InChI is InChI=1S/C13H23N3O3/c17-10-6-11(14-7-10)13(19)15-8-12(18)16-9-4-2-1-3-5-9/h9-11,14,17H,1-8H2,(H,15,19)(H,16,18). The zero-order valence-corrected chi connectivity index (χ0v) is 11.2. The first kappa shape index (κ1) is 14.3. The van der Waals surface area contributed by atoms with E-state index in [2.05, 4.69) is 16.0 Å². The molecule has 108 valence electrons. The maximum atomic E-state index is 11.7. The molecule has 2 fully saturated rings. The van der Waals surface area contributed by atoms with Gasteiger partial charge in [-0.05, 0) is 19.3 Å². The Balaban J connectivity index is 1.64. The molecule has 1 aliphatic heterocycles. The second kappa shape index (κ2) is 6.86. The van der Waals surface area contributed by atoms with Gasteiger partial charge in [-0.3, -0.25) is 9.59 Å². The molecular formula is C13H23N3O3. The highest BCUT2D eigenvalue weighted by Crippen LogP contribution is 2.17. The van der Waals surface area contributed by atoms with Gasteiger partial charge in [0.05, 0.1) is 18.7 Å². The third kappa shape index (κ3) is 4.47. The Hall–Kier alpha value is -1.14. The lowest BCUT2D eigenvalue weighted by molar-refractivity contribution is -0.127. The van der Waals surface area contributed by atoms with Crippen LogP contribution < -0.4 is 16.0 Å². The number of hydrogen-bond acceptors (Lipinski definition) is 4. The smallest absolute Gasteiger partial charge is 0.239 e. The van der Waals surface area contributed by atoms with Gasteiger partial charge < -0.3 is 21.1 Å².